The maximum Gasteiger partial charge on any atom is 0.323 e. The van der Waals surface area contributed by atoms with Crippen LogP contribution in [-0.2, 0) is 11.2 Å². The number of nitrogens with one attached hydrogen (secondary N) is 1. The molecule has 1 fully saturated rings. The first-order valence-corrected chi connectivity index (χ1v) is 7.30. The molecule has 0 aliphatic carbocycles. The van der Waals surface area contributed by atoms with Crippen LogP contribution in [0.15, 0.2) is 48.7 Å². The lowest BCUT2D eigenvalue weighted by molar-refractivity contribution is -0.0113. The highest BCUT2D eigenvalue weighted by Crippen LogP contribution is 2.13. The van der Waals surface area contributed by atoms with Gasteiger partial charge in [0.25, 0.3) is 0 Å². The van der Waals surface area contributed by atoms with Crippen molar-refractivity contribution < 1.29 is 9.53 Å². The van der Waals surface area contributed by atoms with E-state index in [1.54, 1.807) is 23.2 Å². The Bertz CT molecular complexity index is 606. The average Bonchev–Trinajstić information content (AvgIpc) is 2.57. The largest absolute Gasteiger partial charge is 0.374 e. The molecule has 0 saturated carbocycles. The van der Waals surface area contributed by atoms with E-state index in [2.05, 4.69) is 27.6 Å². The van der Waals surface area contributed by atoms with Gasteiger partial charge >= 0.3 is 6.03 Å². The zero-order valence-electron chi connectivity index (χ0n) is 12.2. The number of carbonyl (C=O) groups is 1. The van der Waals surface area contributed by atoms with E-state index < -0.39 is 0 Å². The van der Waals surface area contributed by atoms with Crippen molar-refractivity contribution in [1.29, 1.82) is 0 Å². The van der Waals surface area contributed by atoms with Crippen LogP contribution in [0, 0.1) is 0 Å². The van der Waals surface area contributed by atoms with E-state index in [0.29, 0.717) is 25.5 Å². The van der Waals surface area contributed by atoms with E-state index >= 15 is 0 Å². The van der Waals surface area contributed by atoms with Gasteiger partial charge in [0.2, 0.25) is 0 Å². The third kappa shape index (κ3) is 3.79. The molecule has 6 nitrogen and oxygen atoms in total. The van der Waals surface area contributed by atoms with Gasteiger partial charge < -0.3 is 9.64 Å². The number of aromatic nitrogens is 2. The van der Waals surface area contributed by atoms with Crippen LogP contribution in [0.4, 0.5) is 10.6 Å². The van der Waals surface area contributed by atoms with Crippen LogP contribution in [0.3, 0.4) is 0 Å². The smallest absolute Gasteiger partial charge is 0.323 e. The van der Waals surface area contributed by atoms with Crippen LogP contribution < -0.4 is 5.32 Å². The monoisotopic (exact) mass is 298 g/mol. The summed E-state index contributed by atoms with van der Waals surface area (Å²) in [5, 5.41) is 10.4. The van der Waals surface area contributed by atoms with Crippen LogP contribution in [0.25, 0.3) is 0 Å². The molecule has 0 bridgehead atoms. The Morgan fingerprint density at radius 3 is 2.91 bits per heavy atom. The van der Waals surface area contributed by atoms with Gasteiger partial charge in [-0.1, -0.05) is 30.3 Å². The Labute approximate surface area is 129 Å². The summed E-state index contributed by atoms with van der Waals surface area (Å²) in [5.41, 5.74) is 1.21. The second-order valence-electron chi connectivity index (χ2n) is 5.17. The maximum atomic E-state index is 12.3. The van der Waals surface area contributed by atoms with Gasteiger partial charge in [0.05, 0.1) is 12.7 Å². The number of amides is 2. The summed E-state index contributed by atoms with van der Waals surface area (Å²) >= 11 is 0. The van der Waals surface area contributed by atoms with Gasteiger partial charge in [0, 0.05) is 25.7 Å². The number of nitrogens with zero attached hydrogens (tertiary/aromatic N) is 3. The van der Waals surface area contributed by atoms with Gasteiger partial charge in [-0.3, -0.25) is 5.32 Å². The first-order valence-electron chi connectivity index (χ1n) is 7.30. The predicted molar refractivity (Wildman–Crippen MR) is 82.5 cm³/mol. The molecule has 1 aliphatic rings. The average molecular weight is 298 g/mol. The van der Waals surface area contributed by atoms with Crippen molar-refractivity contribution >= 4 is 11.8 Å². The molecule has 1 atom stereocenters. The first kappa shape index (κ1) is 14.5. The van der Waals surface area contributed by atoms with Crippen molar-refractivity contribution in [3.8, 4) is 0 Å². The summed E-state index contributed by atoms with van der Waals surface area (Å²) < 4.78 is 5.76. The summed E-state index contributed by atoms with van der Waals surface area (Å²) in [5.74, 6) is 0.457. The number of hydrogen-bond acceptors (Lipinski definition) is 4. The number of benzene rings is 1. The summed E-state index contributed by atoms with van der Waals surface area (Å²) in [4.78, 5) is 14.0. The summed E-state index contributed by atoms with van der Waals surface area (Å²) in [6, 6.07) is 13.4. The van der Waals surface area contributed by atoms with Crippen molar-refractivity contribution in [3.05, 3.63) is 54.2 Å². The molecule has 1 aromatic heterocycles. The van der Waals surface area contributed by atoms with Gasteiger partial charge in [-0.25, -0.2) is 4.79 Å². The number of carbonyl (C=O) groups excluding carboxylic acids is 1. The molecule has 114 valence electrons. The SMILES string of the molecule is O=C(Nc1cccnn1)N1CCOC(Cc2ccccc2)C1. The van der Waals surface area contributed by atoms with Crippen molar-refractivity contribution in [2.75, 3.05) is 25.0 Å². The number of morpholine rings is 1. The fourth-order valence-corrected chi connectivity index (χ4v) is 2.46. The topological polar surface area (TPSA) is 67.4 Å². The van der Waals surface area contributed by atoms with Crippen LogP contribution in [0.1, 0.15) is 5.56 Å². The van der Waals surface area contributed by atoms with Crippen molar-refractivity contribution in [2.24, 2.45) is 0 Å². The van der Waals surface area contributed by atoms with Gasteiger partial charge in [0.15, 0.2) is 5.82 Å². The van der Waals surface area contributed by atoms with Crippen molar-refractivity contribution in [3.63, 3.8) is 0 Å². The number of anilines is 1. The van der Waals surface area contributed by atoms with Gasteiger partial charge in [-0.15, -0.1) is 5.10 Å². The third-order valence-electron chi connectivity index (χ3n) is 3.54. The highest BCUT2D eigenvalue weighted by molar-refractivity contribution is 5.88. The molecule has 6 heteroatoms. The molecule has 1 saturated heterocycles. The minimum absolute atomic E-state index is 0.0174. The minimum atomic E-state index is -0.165. The molecule has 1 aliphatic heterocycles. The molecule has 2 heterocycles. The highest BCUT2D eigenvalue weighted by atomic mass is 16.5. The number of hydrogen-bond donors (Lipinski definition) is 1. The number of rotatable bonds is 3. The van der Waals surface area contributed by atoms with Gasteiger partial charge in [0.1, 0.15) is 0 Å². The molecule has 1 N–H and O–H groups in total. The Kier molecular flexibility index (Phi) is 4.60. The normalized spacial score (nSPS) is 18.0. The Hall–Kier alpha value is -2.47. The van der Waals surface area contributed by atoms with Crippen molar-refractivity contribution in [1.82, 2.24) is 15.1 Å². The minimum Gasteiger partial charge on any atom is -0.374 e. The Balaban J connectivity index is 1.57. The molecule has 2 aromatic rings. The molecule has 2 amide bonds. The maximum absolute atomic E-state index is 12.3. The highest BCUT2D eigenvalue weighted by Gasteiger charge is 2.24. The van der Waals surface area contributed by atoms with E-state index in [1.807, 2.05) is 18.2 Å². The second kappa shape index (κ2) is 7.00. The van der Waals surface area contributed by atoms with Crippen LogP contribution in [0.2, 0.25) is 0 Å². The molecular formula is C16H18N4O2. The second-order valence-corrected chi connectivity index (χ2v) is 5.17. The fourth-order valence-electron chi connectivity index (χ4n) is 2.46. The van der Waals surface area contributed by atoms with Gasteiger partial charge in [-0.2, -0.15) is 5.10 Å². The number of urea groups is 1. The van der Waals surface area contributed by atoms with Gasteiger partial charge in [-0.05, 0) is 17.7 Å². The summed E-state index contributed by atoms with van der Waals surface area (Å²) in [6.07, 6.45) is 2.39. The lowest BCUT2D eigenvalue weighted by atomic mass is 10.1. The standard InChI is InChI=1S/C16H18N4O2/c21-16(18-15-7-4-8-17-19-15)20-9-10-22-14(12-20)11-13-5-2-1-3-6-13/h1-8,14H,9-12H2,(H,18,19,21). The van der Waals surface area contributed by atoms with Crippen molar-refractivity contribution in [2.45, 2.75) is 12.5 Å². The predicted octanol–water partition coefficient (Wildman–Crippen LogP) is 1.95. The molecule has 1 aromatic carbocycles. The summed E-state index contributed by atoms with van der Waals surface area (Å²) in [6.45, 7) is 1.70. The fraction of sp³-hybridized carbons (Fsp3) is 0.312. The van der Waals surface area contributed by atoms with E-state index in [-0.39, 0.29) is 12.1 Å². The van der Waals surface area contributed by atoms with Crippen LogP contribution in [0.5, 0.6) is 0 Å². The van der Waals surface area contributed by atoms with Crippen LogP contribution >= 0.6 is 0 Å². The molecule has 22 heavy (non-hydrogen) atoms. The quantitative estimate of drug-likeness (QED) is 0.940. The van der Waals surface area contributed by atoms with E-state index in [0.717, 1.165) is 6.42 Å². The Morgan fingerprint density at radius 1 is 1.27 bits per heavy atom. The molecule has 3 rings (SSSR count). The van der Waals surface area contributed by atoms with E-state index in [4.69, 9.17) is 4.74 Å². The first-order chi connectivity index (χ1) is 10.8. The van der Waals surface area contributed by atoms with E-state index in [9.17, 15) is 4.79 Å². The molecule has 0 radical (unpaired) electrons. The molecular weight excluding hydrogens is 280 g/mol. The number of ether oxygens (including phenoxy) is 1. The zero-order valence-corrected chi connectivity index (χ0v) is 12.2. The van der Waals surface area contributed by atoms with E-state index in [1.165, 1.54) is 5.56 Å². The molecule has 0 spiro atoms. The lowest BCUT2D eigenvalue weighted by Crippen LogP contribution is -2.48. The summed E-state index contributed by atoms with van der Waals surface area (Å²) in [7, 11) is 0. The Morgan fingerprint density at radius 2 is 2.14 bits per heavy atom. The van der Waals surface area contributed by atoms with Crippen LogP contribution in [-0.4, -0.2) is 46.9 Å². The molecule has 1 unspecified atom stereocenters. The zero-order chi connectivity index (χ0) is 15.2. The third-order valence-corrected chi connectivity index (χ3v) is 3.54. The lowest BCUT2D eigenvalue weighted by Gasteiger charge is -2.32.